The molecule has 1 saturated heterocycles. The molecule has 0 atom stereocenters. The molecule has 0 aliphatic carbocycles. The van der Waals surface area contributed by atoms with Gasteiger partial charge in [0, 0.05) is 22.6 Å². The molecule has 6 nitrogen and oxygen atoms in total. The molecular formula is C12H14N2O4S2. The number of thioether (sulfide) groups is 1. The van der Waals surface area contributed by atoms with Gasteiger partial charge < -0.3 is 10.4 Å². The summed E-state index contributed by atoms with van der Waals surface area (Å²) in [4.78, 5) is 36.6. The summed E-state index contributed by atoms with van der Waals surface area (Å²) in [7, 11) is 0. The van der Waals surface area contributed by atoms with E-state index >= 15 is 0 Å². The zero-order valence-corrected chi connectivity index (χ0v) is 12.6. The standard InChI is InChI=1S/C12H14N2O4S2/c1-12(2)10(17)14(11(18)13-12)3-4-19-7-5-8(9(15)16)20-6-7/h5-6H,3-4H2,1-2H3,(H,13,18)(H,15,16). The Bertz CT molecular complexity index is 568. The molecule has 1 aromatic rings. The molecule has 0 aromatic carbocycles. The van der Waals surface area contributed by atoms with Crippen LogP contribution in [0, 0.1) is 0 Å². The average Bonchev–Trinajstić information content (AvgIpc) is 2.88. The van der Waals surface area contributed by atoms with Gasteiger partial charge in [-0.1, -0.05) is 0 Å². The van der Waals surface area contributed by atoms with E-state index in [0.717, 1.165) is 16.2 Å². The maximum atomic E-state index is 11.9. The lowest BCUT2D eigenvalue weighted by Gasteiger charge is -2.15. The number of carbonyl (C=O) groups is 3. The van der Waals surface area contributed by atoms with Crippen LogP contribution in [0.25, 0.3) is 0 Å². The van der Waals surface area contributed by atoms with Crippen molar-refractivity contribution in [2.24, 2.45) is 0 Å². The second-order valence-corrected chi connectivity index (χ2v) is 6.89. The zero-order chi connectivity index (χ0) is 14.9. The average molecular weight is 314 g/mol. The first-order chi connectivity index (χ1) is 9.31. The predicted octanol–water partition coefficient (Wildman–Crippen LogP) is 1.87. The lowest BCUT2D eigenvalue weighted by molar-refractivity contribution is -0.130. The SMILES string of the molecule is CC1(C)NC(=O)N(CCSc2csc(C(=O)O)c2)C1=O. The number of carboxylic acid groups (broad SMARTS) is 1. The van der Waals surface area contributed by atoms with E-state index in [1.807, 2.05) is 0 Å². The zero-order valence-electron chi connectivity index (χ0n) is 11.0. The van der Waals surface area contributed by atoms with E-state index in [9.17, 15) is 14.4 Å². The van der Waals surface area contributed by atoms with E-state index in [2.05, 4.69) is 5.32 Å². The Balaban J connectivity index is 1.88. The van der Waals surface area contributed by atoms with Crippen LogP contribution in [-0.4, -0.2) is 45.8 Å². The molecule has 0 bridgehead atoms. The first-order valence-corrected chi connectivity index (χ1v) is 7.76. The van der Waals surface area contributed by atoms with Crippen LogP contribution in [0.2, 0.25) is 0 Å². The molecule has 0 unspecified atom stereocenters. The van der Waals surface area contributed by atoms with Crippen molar-refractivity contribution >= 4 is 41.0 Å². The quantitative estimate of drug-likeness (QED) is 0.640. The number of hydrogen-bond acceptors (Lipinski definition) is 5. The highest BCUT2D eigenvalue weighted by Crippen LogP contribution is 2.25. The van der Waals surface area contributed by atoms with Gasteiger partial charge in [-0.15, -0.1) is 23.1 Å². The van der Waals surface area contributed by atoms with Gasteiger partial charge in [-0.3, -0.25) is 9.69 Å². The molecule has 1 aromatic heterocycles. The Kier molecular flexibility index (Phi) is 4.05. The van der Waals surface area contributed by atoms with E-state index in [1.54, 1.807) is 25.3 Å². The first kappa shape index (κ1) is 14.9. The predicted molar refractivity (Wildman–Crippen MR) is 76.3 cm³/mol. The Morgan fingerprint density at radius 1 is 1.50 bits per heavy atom. The summed E-state index contributed by atoms with van der Waals surface area (Å²) in [6.07, 6.45) is 0. The van der Waals surface area contributed by atoms with Crippen LogP contribution < -0.4 is 5.32 Å². The van der Waals surface area contributed by atoms with Crippen molar-refractivity contribution in [3.8, 4) is 0 Å². The molecule has 2 rings (SSSR count). The fourth-order valence-electron chi connectivity index (χ4n) is 1.78. The van der Waals surface area contributed by atoms with Gasteiger partial charge in [-0.25, -0.2) is 9.59 Å². The third-order valence-corrected chi connectivity index (χ3v) is 4.84. The molecule has 1 aliphatic heterocycles. The van der Waals surface area contributed by atoms with Gasteiger partial charge in [0.05, 0.1) is 0 Å². The van der Waals surface area contributed by atoms with Crippen molar-refractivity contribution in [3.63, 3.8) is 0 Å². The van der Waals surface area contributed by atoms with E-state index in [0.29, 0.717) is 12.3 Å². The second kappa shape index (κ2) is 5.45. The molecular weight excluding hydrogens is 300 g/mol. The van der Waals surface area contributed by atoms with Crippen molar-refractivity contribution in [3.05, 3.63) is 16.3 Å². The third-order valence-electron chi connectivity index (χ3n) is 2.81. The Labute approximate surface area is 124 Å². The summed E-state index contributed by atoms with van der Waals surface area (Å²) < 4.78 is 0. The molecule has 20 heavy (non-hydrogen) atoms. The molecule has 2 N–H and O–H groups in total. The van der Waals surface area contributed by atoms with Gasteiger partial charge in [-0.05, 0) is 19.9 Å². The van der Waals surface area contributed by atoms with Gasteiger partial charge >= 0.3 is 12.0 Å². The number of rotatable bonds is 5. The van der Waals surface area contributed by atoms with Crippen LogP contribution in [0.1, 0.15) is 23.5 Å². The van der Waals surface area contributed by atoms with Crippen molar-refractivity contribution in [1.82, 2.24) is 10.2 Å². The first-order valence-electron chi connectivity index (χ1n) is 5.90. The summed E-state index contributed by atoms with van der Waals surface area (Å²) in [6, 6.07) is 1.21. The molecule has 1 fully saturated rings. The second-order valence-electron chi connectivity index (χ2n) is 4.81. The van der Waals surface area contributed by atoms with Crippen LogP contribution in [0.3, 0.4) is 0 Å². The molecule has 0 radical (unpaired) electrons. The summed E-state index contributed by atoms with van der Waals surface area (Å²) >= 11 is 2.58. The van der Waals surface area contributed by atoms with Crippen LogP contribution >= 0.6 is 23.1 Å². The number of amides is 3. The maximum Gasteiger partial charge on any atom is 0.345 e. The molecule has 3 amide bonds. The van der Waals surface area contributed by atoms with Crippen molar-refractivity contribution in [2.75, 3.05) is 12.3 Å². The number of carbonyl (C=O) groups excluding carboxylic acids is 2. The third kappa shape index (κ3) is 2.96. The smallest absolute Gasteiger partial charge is 0.345 e. The number of aromatic carboxylic acids is 1. The molecule has 108 valence electrons. The van der Waals surface area contributed by atoms with Crippen LogP contribution in [0.5, 0.6) is 0 Å². The molecule has 0 spiro atoms. The van der Waals surface area contributed by atoms with Crippen LogP contribution in [-0.2, 0) is 4.79 Å². The highest BCUT2D eigenvalue weighted by molar-refractivity contribution is 7.99. The Hall–Kier alpha value is -1.54. The lowest BCUT2D eigenvalue weighted by atomic mass is 10.1. The number of carboxylic acids is 1. The van der Waals surface area contributed by atoms with E-state index in [-0.39, 0.29) is 16.8 Å². The number of imide groups is 1. The van der Waals surface area contributed by atoms with Gasteiger partial charge in [0.2, 0.25) is 0 Å². The summed E-state index contributed by atoms with van der Waals surface area (Å²) in [5, 5.41) is 13.2. The summed E-state index contributed by atoms with van der Waals surface area (Å²) in [5.74, 6) is -0.650. The lowest BCUT2D eigenvalue weighted by Crippen LogP contribution is -2.40. The van der Waals surface area contributed by atoms with Gasteiger partial charge in [-0.2, -0.15) is 0 Å². The van der Waals surface area contributed by atoms with Crippen molar-refractivity contribution in [2.45, 2.75) is 24.3 Å². The summed E-state index contributed by atoms with van der Waals surface area (Å²) in [5.41, 5.74) is -0.847. The van der Waals surface area contributed by atoms with Gasteiger partial charge in [0.15, 0.2) is 0 Å². The highest BCUT2D eigenvalue weighted by Gasteiger charge is 2.43. The molecule has 8 heteroatoms. The number of thiophene rings is 1. The van der Waals surface area contributed by atoms with Crippen LogP contribution in [0.4, 0.5) is 4.79 Å². The summed E-state index contributed by atoms with van der Waals surface area (Å²) in [6.45, 7) is 3.63. The maximum absolute atomic E-state index is 11.9. The number of hydrogen-bond donors (Lipinski definition) is 2. The Morgan fingerprint density at radius 3 is 2.70 bits per heavy atom. The normalized spacial score (nSPS) is 17.4. The largest absolute Gasteiger partial charge is 0.477 e. The van der Waals surface area contributed by atoms with Crippen molar-refractivity contribution in [1.29, 1.82) is 0 Å². The molecule has 2 heterocycles. The minimum Gasteiger partial charge on any atom is -0.477 e. The highest BCUT2D eigenvalue weighted by atomic mass is 32.2. The fourth-order valence-corrected chi connectivity index (χ4v) is 3.59. The van der Waals surface area contributed by atoms with E-state index < -0.39 is 11.5 Å². The molecule has 0 saturated carbocycles. The van der Waals surface area contributed by atoms with Crippen LogP contribution in [0.15, 0.2) is 16.3 Å². The number of urea groups is 1. The number of nitrogens with zero attached hydrogens (tertiary/aromatic N) is 1. The topological polar surface area (TPSA) is 86.7 Å². The minimum atomic E-state index is -0.947. The van der Waals surface area contributed by atoms with E-state index in [1.165, 1.54) is 16.7 Å². The molecule has 1 aliphatic rings. The van der Waals surface area contributed by atoms with Gasteiger partial charge in [0.1, 0.15) is 10.4 Å². The Morgan fingerprint density at radius 2 is 2.20 bits per heavy atom. The minimum absolute atomic E-state index is 0.236. The monoisotopic (exact) mass is 314 g/mol. The van der Waals surface area contributed by atoms with Gasteiger partial charge in [0.25, 0.3) is 5.91 Å². The number of nitrogens with one attached hydrogen (secondary N) is 1. The van der Waals surface area contributed by atoms with Crippen molar-refractivity contribution < 1.29 is 19.5 Å². The fraction of sp³-hybridized carbons (Fsp3) is 0.417. The van der Waals surface area contributed by atoms with E-state index in [4.69, 9.17) is 5.11 Å².